The molecule has 0 radical (unpaired) electrons. The van der Waals surface area contributed by atoms with Gasteiger partial charge in [0, 0.05) is 54.3 Å². The van der Waals surface area contributed by atoms with Crippen molar-refractivity contribution in [1.82, 2.24) is 20.3 Å². The van der Waals surface area contributed by atoms with Crippen molar-refractivity contribution in [2.24, 2.45) is 5.92 Å². The Hall–Kier alpha value is -2.40. The second-order valence-electron chi connectivity index (χ2n) is 6.18. The molecule has 2 atom stereocenters. The first-order chi connectivity index (χ1) is 10.9. The smallest absolute Gasteiger partial charge is 0.148 e. The van der Waals surface area contributed by atoms with Gasteiger partial charge in [-0.3, -0.25) is 4.98 Å². The van der Waals surface area contributed by atoms with Crippen LogP contribution in [0.15, 0.2) is 42.9 Å². The summed E-state index contributed by atoms with van der Waals surface area (Å²) in [6.45, 7) is 3.29. The number of rotatable bonds is 2. The van der Waals surface area contributed by atoms with Crippen molar-refractivity contribution in [2.75, 3.05) is 24.5 Å². The first-order valence-corrected chi connectivity index (χ1v) is 7.75. The van der Waals surface area contributed by atoms with E-state index < -0.39 is 0 Å². The van der Waals surface area contributed by atoms with E-state index in [1.165, 1.54) is 5.39 Å². The highest BCUT2D eigenvalue weighted by atomic mass is 15.3. The molecule has 2 aliphatic rings. The van der Waals surface area contributed by atoms with E-state index in [1.54, 1.807) is 0 Å². The molecule has 0 unspecified atom stereocenters. The van der Waals surface area contributed by atoms with Gasteiger partial charge in [-0.05, 0) is 18.2 Å². The molecule has 0 aliphatic carbocycles. The molecule has 0 saturated carbocycles. The Kier molecular flexibility index (Phi) is 2.52. The maximum Gasteiger partial charge on any atom is 0.148 e. The molecule has 22 heavy (non-hydrogen) atoms. The Labute approximate surface area is 128 Å². The lowest BCUT2D eigenvalue weighted by Gasteiger charge is -2.44. The molecule has 5 heteroatoms. The van der Waals surface area contributed by atoms with Gasteiger partial charge in [-0.25, -0.2) is 4.98 Å². The lowest BCUT2D eigenvalue weighted by Crippen LogP contribution is -2.56. The average molecular weight is 291 g/mol. The Bertz CT molecular complexity index is 840. The zero-order valence-corrected chi connectivity index (χ0v) is 12.2. The van der Waals surface area contributed by atoms with Crippen molar-refractivity contribution in [1.29, 1.82) is 0 Å². The summed E-state index contributed by atoms with van der Waals surface area (Å²) >= 11 is 0. The van der Waals surface area contributed by atoms with E-state index in [9.17, 15) is 0 Å². The highest BCUT2D eigenvalue weighted by Crippen LogP contribution is 2.33. The van der Waals surface area contributed by atoms with Crippen molar-refractivity contribution < 1.29 is 0 Å². The summed E-state index contributed by atoms with van der Waals surface area (Å²) in [6, 6.07) is 9.04. The van der Waals surface area contributed by atoms with E-state index in [4.69, 9.17) is 4.98 Å². The zero-order chi connectivity index (χ0) is 14.5. The highest BCUT2D eigenvalue weighted by molar-refractivity contribution is 5.84. The Morgan fingerprint density at radius 1 is 1.14 bits per heavy atom. The van der Waals surface area contributed by atoms with Crippen LogP contribution in [0.4, 0.5) is 5.82 Å². The van der Waals surface area contributed by atoms with Crippen LogP contribution in [0.25, 0.3) is 22.2 Å². The van der Waals surface area contributed by atoms with E-state index >= 15 is 0 Å². The molecule has 0 amide bonds. The van der Waals surface area contributed by atoms with Gasteiger partial charge in [0.05, 0.1) is 18.1 Å². The summed E-state index contributed by atoms with van der Waals surface area (Å²) < 4.78 is 0. The number of aromatic amines is 1. The van der Waals surface area contributed by atoms with E-state index in [2.05, 4.69) is 44.5 Å². The van der Waals surface area contributed by atoms with Gasteiger partial charge in [0.1, 0.15) is 5.82 Å². The molecule has 2 aliphatic heterocycles. The van der Waals surface area contributed by atoms with Gasteiger partial charge in [-0.2, -0.15) is 0 Å². The Balaban J connectivity index is 1.51. The number of benzene rings is 1. The molecular formula is C17H17N5. The third-order valence-electron chi connectivity index (χ3n) is 4.90. The second-order valence-corrected chi connectivity index (χ2v) is 6.18. The molecule has 2 N–H and O–H groups in total. The number of fused-ring (bicyclic) bond motifs is 2. The van der Waals surface area contributed by atoms with E-state index in [-0.39, 0.29) is 0 Å². The lowest BCUT2D eigenvalue weighted by atomic mass is 9.92. The number of nitrogens with one attached hydrogen (secondary N) is 2. The molecule has 3 aromatic rings. The van der Waals surface area contributed by atoms with Crippen molar-refractivity contribution in [3.05, 3.63) is 42.9 Å². The van der Waals surface area contributed by atoms with Crippen LogP contribution in [0.5, 0.6) is 0 Å². The van der Waals surface area contributed by atoms with Crippen LogP contribution in [0.3, 0.4) is 0 Å². The van der Waals surface area contributed by atoms with Gasteiger partial charge >= 0.3 is 0 Å². The topological polar surface area (TPSA) is 56.8 Å². The fraction of sp³-hybridized carbons (Fsp3) is 0.294. The van der Waals surface area contributed by atoms with Crippen LogP contribution in [0, 0.1) is 5.92 Å². The molecule has 5 nitrogen and oxygen atoms in total. The van der Waals surface area contributed by atoms with E-state index in [1.807, 2.05) is 18.6 Å². The van der Waals surface area contributed by atoms with Gasteiger partial charge in [0.2, 0.25) is 0 Å². The van der Waals surface area contributed by atoms with Gasteiger partial charge in [0.15, 0.2) is 0 Å². The fourth-order valence-corrected chi connectivity index (χ4v) is 3.63. The van der Waals surface area contributed by atoms with Crippen LogP contribution in [-0.4, -0.2) is 40.6 Å². The molecule has 2 aromatic heterocycles. The zero-order valence-electron chi connectivity index (χ0n) is 12.2. The number of hydrogen-bond acceptors (Lipinski definition) is 4. The van der Waals surface area contributed by atoms with Crippen LogP contribution in [0.2, 0.25) is 0 Å². The minimum Gasteiger partial charge on any atom is -0.361 e. The molecule has 110 valence electrons. The number of hydrogen-bond donors (Lipinski definition) is 2. The number of anilines is 1. The molecule has 2 saturated heterocycles. The van der Waals surface area contributed by atoms with Crippen molar-refractivity contribution in [3.63, 3.8) is 0 Å². The summed E-state index contributed by atoms with van der Waals surface area (Å²) in [7, 11) is 0. The summed E-state index contributed by atoms with van der Waals surface area (Å²) in [6.07, 6.45) is 5.69. The van der Waals surface area contributed by atoms with Crippen LogP contribution in [-0.2, 0) is 0 Å². The minimum atomic E-state index is 0.594. The van der Waals surface area contributed by atoms with Gasteiger partial charge in [-0.1, -0.05) is 6.07 Å². The van der Waals surface area contributed by atoms with Gasteiger partial charge in [-0.15, -0.1) is 0 Å². The fourth-order valence-electron chi connectivity index (χ4n) is 3.63. The maximum atomic E-state index is 4.84. The lowest BCUT2D eigenvalue weighted by molar-refractivity contribution is 0.362. The van der Waals surface area contributed by atoms with Crippen molar-refractivity contribution in [2.45, 2.75) is 6.04 Å². The maximum absolute atomic E-state index is 4.84. The molecule has 0 spiro atoms. The van der Waals surface area contributed by atoms with Crippen molar-refractivity contribution >= 4 is 16.7 Å². The predicted molar refractivity (Wildman–Crippen MR) is 86.8 cm³/mol. The molecular weight excluding hydrogens is 274 g/mol. The highest BCUT2D eigenvalue weighted by Gasteiger charge is 2.42. The van der Waals surface area contributed by atoms with Gasteiger partial charge < -0.3 is 15.2 Å². The molecule has 4 heterocycles. The quantitative estimate of drug-likeness (QED) is 0.758. The standard InChI is InChI=1S/C17H17N5/c1-2-14-12(3-4-20-14)5-11(1)15-7-19-9-17(21-15)22-10-13-6-18-8-16(13)22/h1-5,7,9,13,16,18,20H,6,8,10H2/t13-,16+/m1/s1. The summed E-state index contributed by atoms with van der Waals surface area (Å²) in [5, 5.41) is 4.66. The van der Waals surface area contributed by atoms with Gasteiger partial charge in [0.25, 0.3) is 0 Å². The van der Waals surface area contributed by atoms with E-state index in [0.29, 0.717) is 6.04 Å². The van der Waals surface area contributed by atoms with Crippen molar-refractivity contribution in [3.8, 4) is 11.3 Å². The number of nitrogens with zero attached hydrogens (tertiary/aromatic N) is 3. The number of H-pyrrole nitrogens is 1. The first kappa shape index (κ1) is 12.2. The molecule has 0 bridgehead atoms. The monoisotopic (exact) mass is 291 g/mol. The Morgan fingerprint density at radius 2 is 2.14 bits per heavy atom. The van der Waals surface area contributed by atoms with Crippen LogP contribution in [0.1, 0.15) is 0 Å². The molecule has 2 fully saturated rings. The third kappa shape index (κ3) is 1.75. The van der Waals surface area contributed by atoms with Crippen LogP contribution < -0.4 is 10.2 Å². The summed E-state index contributed by atoms with van der Waals surface area (Å²) in [5.74, 6) is 1.78. The predicted octanol–water partition coefficient (Wildman–Crippen LogP) is 2.03. The average Bonchev–Trinajstić information content (AvgIpc) is 3.14. The molecule has 1 aromatic carbocycles. The SMILES string of the molecule is c1cc2cc(-c3cncc(N4C[C@H]5CNC[C@@H]54)n3)ccc2[nH]1. The van der Waals surface area contributed by atoms with Crippen LogP contribution >= 0.6 is 0 Å². The normalized spacial score (nSPS) is 23.5. The third-order valence-corrected chi connectivity index (χ3v) is 4.90. The summed E-state index contributed by atoms with van der Waals surface area (Å²) in [5.41, 5.74) is 3.20. The summed E-state index contributed by atoms with van der Waals surface area (Å²) in [4.78, 5) is 14.8. The van der Waals surface area contributed by atoms with E-state index in [0.717, 1.165) is 48.1 Å². The second kappa shape index (κ2) is 4.55. The first-order valence-electron chi connectivity index (χ1n) is 7.75. The minimum absolute atomic E-state index is 0.594. The molecule has 5 rings (SSSR count). The Morgan fingerprint density at radius 3 is 3.09 bits per heavy atom. The number of aromatic nitrogens is 3. The largest absolute Gasteiger partial charge is 0.361 e.